The van der Waals surface area contributed by atoms with Gasteiger partial charge in [0.1, 0.15) is 11.8 Å². The van der Waals surface area contributed by atoms with E-state index in [9.17, 15) is 14.7 Å². The normalized spacial score (nSPS) is 11.6. The Hall–Kier alpha value is -2.82. The SMILES string of the molecule is Cc1ccc(C(=O)N[C@H](C(=O)N(C)C)c2ccccc2)cc1O. The van der Waals surface area contributed by atoms with Gasteiger partial charge in [-0.25, -0.2) is 0 Å². The fraction of sp³-hybridized carbons (Fsp3) is 0.222. The third kappa shape index (κ3) is 3.88. The summed E-state index contributed by atoms with van der Waals surface area (Å²) in [5.74, 6) is -0.585. The average molecular weight is 312 g/mol. The quantitative estimate of drug-likeness (QED) is 0.910. The van der Waals surface area contributed by atoms with Gasteiger partial charge in [-0.3, -0.25) is 9.59 Å². The highest BCUT2D eigenvalue weighted by molar-refractivity contribution is 5.98. The molecule has 120 valence electrons. The molecule has 5 heteroatoms. The Kier molecular flexibility index (Phi) is 5.01. The van der Waals surface area contributed by atoms with Crippen LogP contribution in [0.1, 0.15) is 27.5 Å². The van der Waals surface area contributed by atoms with Gasteiger partial charge in [0, 0.05) is 19.7 Å². The molecule has 2 aromatic carbocycles. The van der Waals surface area contributed by atoms with Crippen molar-refractivity contribution in [1.82, 2.24) is 10.2 Å². The minimum absolute atomic E-state index is 0.0489. The second-order valence-electron chi connectivity index (χ2n) is 5.55. The molecule has 5 nitrogen and oxygen atoms in total. The minimum atomic E-state index is -0.776. The average Bonchev–Trinajstić information content (AvgIpc) is 2.55. The minimum Gasteiger partial charge on any atom is -0.508 e. The second kappa shape index (κ2) is 6.96. The van der Waals surface area contributed by atoms with Gasteiger partial charge >= 0.3 is 0 Å². The predicted octanol–water partition coefficient (Wildman–Crippen LogP) is 2.26. The summed E-state index contributed by atoms with van der Waals surface area (Å²) >= 11 is 0. The highest BCUT2D eigenvalue weighted by atomic mass is 16.3. The molecule has 0 spiro atoms. The third-order valence-electron chi connectivity index (χ3n) is 3.57. The van der Waals surface area contributed by atoms with E-state index in [1.165, 1.54) is 11.0 Å². The zero-order chi connectivity index (χ0) is 17.0. The summed E-state index contributed by atoms with van der Waals surface area (Å²) in [6.07, 6.45) is 0. The van der Waals surface area contributed by atoms with Crippen LogP contribution in [0.3, 0.4) is 0 Å². The van der Waals surface area contributed by atoms with E-state index in [1.807, 2.05) is 18.2 Å². The first kappa shape index (κ1) is 16.5. The number of likely N-dealkylation sites (N-methyl/N-ethyl adjacent to an activating group) is 1. The molecule has 0 aliphatic rings. The molecular weight excluding hydrogens is 292 g/mol. The Balaban J connectivity index is 2.28. The number of amides is 2. The molecule has 0 heterocycles. The van der Waals surface area contributed by atoms with Crippen molar-refractivity contribution in [3.63, 3.8) is 0 Å². The molecule has 2 aromatic rings. The van der Waals surface area contributed by atoms with Gasteiger partial charge in [-0.1, -0.05) is 36.4 Å². The molecule has 0 bridgehead atoms. The van der Waals surface area contributed by atoms with Gasteiger partial charge in [0.05, 0.1) is 0 Å². The van der Waals surface area contributed by atoms with E-state index in [1.54, 1.807) is 45.3 Å². The van der Waals surface area contributed by atoms with Crippen LogP contribution in [0.2, 0.25) is 0 Å². The van der Waals surface area contributed by atoms with Crippen molar-refractivity contribution < 1.29 is 14.7 Å². The van der Waals surface area contributed by atoms with Crippen LogP contribution >= 0.6 is 0 Å². The zero-order valence-corrected chi connectivity index (χ0v) is 13.4. The number of aromatic hydroxyl groups is 1. The molecule has 23 heavy (non-hydrogen) atoms. The van der Waals surface area contributed by atoms with E-state index in [2.05, 4.69) is 5.32 Å². The van der Waals surface area contributed by atoms with Crippen LogP contribution in [0.15, 0.2) is 48.5 Å². The lowest BCUT2D eigenvalue weighted by atomic mass is 10.0. The van der Waals surface area contributed by atoms with Crippen LogP contribution in [0, 0.1) is 6.92 Å². The standard InChI is InChI=1S/C18H20N2O3/c1-12-9-10-14(11-15(12)21)17(22)19-16(18(23)20(2)3)13-7-5-4-6-8-13/h4-11,16,21H,1-3H3,(H,19,22)/t16-/m0/s1. The van der Waals surface area contributed by atoms with Crippen molar-refractivity contribution in [1.29, 1.82) is 0 Å². The number of phenolic OH excluding ortho intramolecular Hbond substituents is 1. The maximum atomic E-state index is 12.4. The molecule has 0 saturated carbocycles. The first-order valence-electron chi connectivity index (χ1n) is 7.26. The summed E-state index contributed by atoms with van der Waals surface area (Å²) in [5.41, 5.74) is 1.70. The van der Waals surface area contributed by atoms with Crippen molar-refractivity contribution in [2.45, 2.75) is 13.0 Å². The number of carbonyl (C=O) groups is 2. The van der Waals surface area contributed by atoms with Crippen LogP contribution < -0.4 is 5.32 Å². The van der Waals surface area contributed by atoms with Crippen LogP contribution in [-0.2, 0) is 4.79 Å². The molecule has 0 fully saturated rings. The Morgan fingerprint density at radius 2 is 1.74 bits per heavy atom. The summed E-state index contributed by atoms with van der Waals surface area (Å²) in [6, 6.07) is 13.0. The van der Waals surface area contributed by atoms with Crippen molar-refractivity contribution in [3.05, 3.63) is 65.2 Å². The molecule has 0 aromatic heterocycles. The van der Waals surface area contributed by atoms with Gasteiger partial charge in [0.25, 0.3) is 5.91 Å². The topological polar surface area (TPSA) is 69.6 Å². The molecule has 2 amide bonds. The lowest BCUT2D eigenvalue weighted by molar-refractivity contribution is -0.130. The summed E-state index contributed by atoms with van der Waals surface area (Å²) in [7, 11) is 3.28. The van der Waals surface area contributed by atoms with Gasteiger partial charge in [-0.2, -0.15) is 0 Å². The monoisotopic (exact) mass is 312 g/mol. The maximum Gasteiger partial charge on any atom is 0.252 e. The van der Waals surface area contributed by atoms with Gasteiger partial charge < -0.3 is 15.3 Å². The largest absolute Gasteiger partial charge is 0.508 e. The van der Waals surface area contributed by atoms with Crippen LogP contribution in [-0.4, -0.2) is 35.9 Å². The van der Waals surface area contributed by atoms with E-state index >= 15 is 0 Å². The Morgan fingerprint density at radius 1 is 1.09 bits per heavy atom. The molecule has 0 saturated heterocycles. The summed E-state index contributed by atoms with van der Waals surface area (Å²) in [4.78, 5) is 26.3. The van der Waals surface area contributed by atoms with Crippen LogP contribution in [0.5, 0.6) is 5.75 Å². The Labute approximate surface area is 135 Å². The molecule has 0 aliphatic heterocycles. The lowest BCUT2D eigenvalue weighted by Gasteiger charge is -2.22. The Bertz CT molecular complexity index is 711. The number of rotatable bonds is 4. The first-order valence-corrected chi connectivity index (χ1v) is 7.26. The highest BCUT2D eigenvalue weighted by Crippen LogP contribution is 2.19. The van der Waals surface area contributed by atoms with Crippen molar-refractivity contribution >= 4 is 11.8 Å². The molecule has 1 atom stereocenters. The molecule has 2 N–H and O–H groups in total. The predicted molar refractivity (Wildman–Crippen MR) is 88.2 cm³/mol. The number of hydrogen-bond donors (Lipinski definition) is 2. The van der Waals surface area contributed by atoms with Crippen molar-refractivity contribution in [3.8, 4) is 5.75 Å². The van der Waals surface area contributed by atoms with Crippen molar-refractivity contribution in [2.24, 2.45) is 0 Å². The van der Waals surface area contributed by atoms with E-state index in [0.717, 1.165) is 0 Å². The van der Waals surface area contributed by atoms with Crippen LogP contribution in [0.4, 0.5) is 0 Å². The smallest absolute Gasteiger partial charge is 0.252 e. The fourth-order valence-corrected chi connectivity index (χ4v) is 2.16. The number of aryl methyl sites for hydroxylation is 1. The number of nitrogens with one attached hydrogen (secondary N) is 1. The van der Waals surface area contributed by atoms with E-state index in [4.69, 9.17) is 0 Å². The maximum absolute atomic E-state index is 12.4. The van der Waals surface area contributed by atoms with Gasteiger partial charge in [0.2, 0.25) is 5.91 Å². The fourth-order valence-electron chi connectivity index (χ4n) is 2.16. The Morgan fingerprint density at radius 3 is 2.30 bits per heavy atom. The van der Waals surface area contributed by atoms with Gasteiger partial charge in [-0.05, 0) is 30.2 Å². The second-order valence-corrected chi connectivity index (χ2v) is 5.55. The van der Waals surface area contributed by atoms with Gasteiger partial charge in [-0.15, -0.1) is 0 Å². The zero-order valence-electron chi connectivity index (χ0n) is 13.4. The van der Waals surface area contributed by atoms with E-state index in [0.29, 0.717) is 16.7 Å². The number of nitrogens with zero attached hydrogens (tertiary/aromatic N) is 1. The molecule has 0 radical (unpaired) electrons. The van der Waals surface area contributed by atoms with Gasteiger partial charge in [0.15, 0.2) is 0 Å². The molecular formula is C18H20N2O3. The number of benzene rings is 2. The third-order valence-corrected chi connectivity index (χ3v) is 3.57. The highest BCUT2D eigenvalue weighted by Gasteiger charge is 2.24. The number of phenols is 1. The summed E-state index contributed by atoms with van der Waals surface area (Å²) in [6.45, 7) is 1.75. The summed E-state index contributed by atoms with van der Waals surface area (Å²) in [5, 5.41) is 12.5. The van der Waals surface area contributed by atoms with E-state index in [-0.39, 0.29) is 11.7 Å². The molecule has 2 rings (SSSR count). The molecule has 0 aliphatic carbocycles. The van der Waals surface area contributed by atoms with Crippen LogP contribution in [0.25, 0.3) is 0 Å². The number of hydrogen-bond acceptors (Lipinski definition) is 3. The van der Waals surface area contributed by atoms with Crippen molar-refractivity contribution in [2.75, 3.05) is 14.1 Å². The molecule has 0 unspecified atom stereocenters. The lowest BCUT2D eigenvalue weighted by Crippen LogP contribution is -2.39. The first-order chi connectivity index (χ1) is 10.9. The summed E-state index contributed by atoms with van der Waals surface area (Å²) < 4.78 is 0. The van der Waals surface area contributed by atoms with E-state index < -0.39 is 11.9 Å². The number of carbonyl (C=O) groups excluding carboxylic acids is 2.